The van der Waals surface area contributed by atoms with E-state index in [-0.39, 0.29) is 0 Å². The first kappa shape index (κ1) is 7.45. The Morgan fingerprint density at radius 3 is 2.14 bits per heavy atom. The van der Waals surface area contributed by atoms with Crippen molar-refractivity contribution in [2.24, 2.45) is 0 Å². The molecule has 7 heavy (non-hydrogen) atoms. The minimum atomic E-state index is -0.693. The normalized spacial score (nSPS) is 11.9. The summed E-state index contributed by atoms with van der Waals surface area (Å²) in [4.78, 5) is 0. The first-order chi connectivity index (χ1) is 3.06. The number of aliphatic hydroxyl groups is 1. The van der Waals surface area contributed by atoms with Gasteiger partial charge in [-0.3, -0.25) is 0 Å². The average Bonchev–Trinajstić information content (AvgIpc) is 1.30. The molecule has 40 valence electrons. The topological polar surface area (TPSA) is 29.5 Å². The highest BCUT2D eigenvalue weighted by Gasteiger charge is 2.08. The first-order valence-electron chi connectivity index (χ1n) is 2.10. The van der Waals surface area contributed by atoms with Crippen molar-refractivity contribution in [3.8, 4) is 0 Å². The molecule has 1 N–H and O–H groups in total. The lowest BCUT2D eigenvalue weighted by molar-refractivity contribution is 0.0316. The second-order valence-corrected chi connectivity index (χ2v) is 2.46. The maximum atomic E-state index is 8.88. The third-order valence-electron chi connectivity index (χ3n) is 0.437. The molecule has 0 aliphatic carbocycles. The van der Waals surface area contributed by atoms with Gasteiger partial charge in [0, 0.05) is 6.61 Å². The Morgan fingerprint density at radius 1 is 1.71 bits per heavy atom. The van der Waals surface area contributed by atoms with E-state index in [9.17, 15) is 0 Å². The van der Waals surface area contributed by atoms with Gasteiger partial charge in [-0.1, -0.05) is 0 Å². The van der Waals surface area contributed by atoms with Crippen LogP contribution in [0.2, 0.25) is 0 Å². The summed E-state index contributed by atoms with van der Waals surface area (Å²) in [5, 5.41) is 8.88. The lowest BCUT2D eigenvalue weighted by Gasteiger charge is -2.15. The average molecular weight is 116 g/mol. The Kier molecular flexibility index (Phi) is 2.86. The Hall–Kier alpha value is 0.452. The highest BCUT2D eigenvalue weighted by molar-refractivity contribution is 5.97. The van der Waals surface area contributed by atoms with E-state index < -0.39 is 5.60 Å². The smallest absolute Gasteiger partial charge is 0.369 e. The molecule has 0 saturated carbocycles. The van der Waals surface area contributed by atoms with Crippen LogP contribution in [0.4, 0.5) is 0 Å². The van der Waals surface area contributed by atoms with Crippen LogP contribution < -0.4 is 0 Å². The number of hydrogen-bond donors (Lipinski definition) is 1. The predicted octanol–water partition coefficient (Wildman–Crippen LogP) is -0.143. The summed E-state index contributed by atoms with van der Waals surface area (Å²) in [5.74, 6) is 0. The molecular weight excluding hydrogens is 107 g/mol. The molecule has 0 aromatic carbocycles. The van der Waals surface area contributed by atoms with Crippen molar-refractivity contribution < 1.29 is 8.90 Å². The minimum absolute atomic E-state index is 0.359. The van der Waals surface area contributed by atoms with E-state index in [4.69, 9.17) is 5.11 Å². The molecule has 0 fully saturated rings. The van der Waals surface area contributed by atoms with Crippen molar-refractivity contribution in [1.29, 1.82) is 0 Å². The molecule has 3 heteroatoms. The van der Waals surface area contributed by atoms with Crippen LogP contribution in [0.3, 0.4) is 0 Å². The highest BCUT2D eigenvalue weighted by Crippen LogP contribution is 1.98. The molecule has 2 nitrogen and oxygen atoms in total. The summed E-state index contributed by atoms with van der Waals surface area (Å²) in [6, 6.07) is 0. The quantitative estimate of drug-likeness (QED) is 0.509. The summed E-state index contributed by atoms with van der Waals surface area (Å²) in [6.45, 7) is 3.74. The van der Waals surface area contributed by atoms with E-state index in [1.54, 1.807) is 13.8 Å². The summed E-state index contributed by atoms with van der Waals surface area (Å²) in [5.41, 5.74) is -0.693. The van der Waals surface area contributed by atoms with E-state index in [0.717, 1.165) is 0 Å². The fourth-order valence-corrected chi connectivity index (χ4v) is 0.612. The minimum Gasteiger partial charge on any atom is -0.514 e. The summed E-state index contributed by atoms with van der Waals surface area (Å²) in [6.07, 6.45) is 0. The molecule has 0 saturated heterocycles. The van der Waals surface area contributed by atoms with Gasteiger partial charge >= 0.3 is 16.6 Å². The fourth-order valence-electron chi connectivity index (χ4n) is 0.204. The number of hydrogen-bond acceptors (Lipinski definition) is 2. The molecule has 0 heterocycles. The zero-order valence-corrected chi connectivity index (χ0v) is 5.79. The van der Waals surface area contributed by atoms with Gasteiger partial charge in [0.25, 0.3) is 0 Å². The Labute approximate surface area is 52.2 Å². The van der Waals surface area contributed by atoms with Crippen molar-refractivity contribution >= 4 is 16.6 Å². The van der Waals surface area contributed by atoms with E-state index in [1.165, 1.54) is 0 Å². The molecule has 0 atom stereocenters. The van der Waals surface area contributed by atoms with Crippen molar-refractivity contribution in [2.45, 2.75) is 19.4 Å². The van der Waals surface area contributed by atoms with Gasteiger partial charge in [0.1, 0.15) is 0 Å². The Bertz CT molecular complexity index is 48.1. The maximum Gasteiger partial charge on any atom is 0.369 e. The molecule has 0 aliphatic rings. The molecule has 0 aromatic rings. The van der Waals surface area contributed by atoms with Crippen LogP contribution in [0.5, 0.6) is 0 Å². The second kappa shape index (κ2) is 2.69. The molecule has 0 aromatic heterocycles. The zero-order chi connectivity index (χ0) is 5.91. The molecule has 0 spiro atoms. The SMILES string of the molecule is CC(C)(O)C[O][Al]. The molecule has 0 rings (SSSR count). The lowest BCUT2D eigenvalue weighted by atomic mass is 10.2. The van der Waals surface area contributed by atoms with Gasteiger partial charge in [0.2, 0.25) is 0 Å². The van der Waals surface area contributed by atoms with Crippen molar-refractivity contribution in [3.63, 3.8) is 0 Å². The van der Waals surface area contributed by atoms with Gasteiger partial charge in [-0.2, -0.15) is 0 Å². The van der Waals surface area contributed by atoms with Crippen molar-refractivity contribution in [3.05, 3.63) is 0 Å². The van der Waals surface area contributed by atoms with E-state index in [0.29, 0.717) is 6.61 Å². The largest absolute Gasteiger partial charge is 0.514 e. The third kappa shape index (κ3) is 6.45. The first-order valence-corrected chi connectivity index (χ1v) is 2.57. The molecule has 2 radical (unpaired) electrons. The van der Waals surface area contributed by atoms with Gasteiger partial charge in [0.15, 0.2) is 0 Å². The van der Waals surface area contributed by atoms with Crippen LogP contribution in [-0.4, -0.2) is 33.9 Å². The van der Waals surface area contributed by atoms with Crippen molar-refractivity contribution in [2.75, 3.05) is 6.61 Å². The van der Waals surface area contributed by atoms with Gasteiger partial charge in [-0.05, 0) is 13.8 Å². The standard InChI is InChI=1S/C4H9O2.Al/c1-4(2,6)3-5;/h6H,3H2,1-2H3;/q-1;+1. The Morgan fingerprint density at radius 2 is 2.14 bits per heavy atom. The second-order valence-electron chi connectivity index (χ2n) is 2.12. The maximum absolute atomic E-state index is 8.88. The summed E-state index contributed by atoms with van der Waals surface area (Å²) in [7, 11) is 0. The number of rotatable bonds is 2. The van der Waals surface area contributed by atoms with Crippen LogP contribution in [0, 0.1) is 0 Å². The highest BCUT2D eigenvalue weighted by atomic mass is 27.1. The van der Waals surface area contributed by atoms with Crippen LogP contribution in [-0.2, 0) is 3.79 Å². The van der Waals surface area contributed by atoms with Gasteiger partial charge in [-0.15, -0.1) is 0 Å². The molecular formula is C4H9AlO2. The Balaban J connectivity index is 3.15. The monoisotopic (exact) mass is 116 g/mol. The van der Waals surface area contributed by atoms with Gasteiger partial charge in [0.05, 0.1) is 5.60 Å². The molecule has 0 aliphatic heterocycles. The van der Waals surface area contributed by atoms with Crippen LogP contribution in [0.1, 0.15) is 13.8 Å². The van der Waals surface area contributed by atoms with Gasteiger partial charge < -0.3 is 8.90 Å². The zero-order valence-electron chi connectivity index (χ0n) is 4.64. The molecule has 0 unspecified atom stereocenters. The van der Waals surface area contributed by atoms with Gasteiger partial charge in [-0.25, -0.2) is 0 Å². The van der Waals surface area contributed by atoms with E-state index in [1.807, 2.05) is 0 Å². The van der Waals surface area contributed by atoms with Crippen LogP contribution in [0.15, 0.2) is 0 Å². The lowest BCUT2D eigenvalue weighted by Crippen LogP contribution is -2.25. The summed E-state index contributed by atoms with van der Waals surface area (Å²) < 4.78 is 4.57. The van der Waals surface area contributed by atoms with E-state index >= 15 is 0 Å². The third-order valence-corrected chi connectivity index (χ3v) is 0.603. The molecule has 0 bridgehead atoms. The van der Waals surface area contributed by atoms with E-state index in [2.05, 4.69) is 20.4 Å². The van der Waals surface area contributed by atoms with Crippen LogP contribution >= 0.6 is 0 Å². The summed E-state index contributed by atoms with van der Waals surface area (Å²) >= 11 is 2.08. The van der Waals surface area contributed by atoms with Crippen molar-refractivity contribution in [1.82, 2.24) is 0 Å². The fraction of sp³-hybridized carbons (Fsp3) is 1.00. The van der Waals surface area contributed by atoms with Crippen LogP contribution in [0.25, 0.3) is 0 Å². The molecule has 0 amide bonds. The predicted molar refractivity (Wildman–Crippen MR) is 28.0 cm³/mol.